The molecule has 2 rings (SSSR count). The Hall–Kier alpha value is -0.540. The Labute approximate surface area is 138 Å². The van der Waals surface area contributed by atoms with Crippen LogP contribution in [0.3, 0.4) is 0 Å². The van der Waals surface area contributed by atoms with E-state index in [-0.39, 0.29) is 0 Å². The lowest BCUT2D eigenvalue weighted by Gasteiger charge is -2.39. The molecule has 21 heavy (non-hydrogen) atoms. The van der Waals surface area contributed by atoms with Gasteiger partial charge in [-0.05, 0) is 62.4 Å². The summed E-state index contributed by atoms with van der Waals surface area (Å²) in [7, 11) is 0. The number of rotatable bonds is 7. The molecule has 2 nitrogen and oxygen atoms in total. The maximum atomic E-state index is 3.63. The van der Waals surface area contributed by atoms with Gasteiger partial charge in [0.1, 0.15) is 0 Å². The SMILES string of the molecule is CCCNCc1cc(Br)ccc1N1CCCCC1CCC. The number of hydrogen-bond acceptors (Lipinski definition) is 2. The highest BCUT2D eigenvalue weighted by atomic mass is 79.9. The lowest BCUT2D eigenvalue weighted by atomic mass is 9.96. The lowest BCUT2D eigenvalue weighted by Crippen LogP contribution is -2.40. The van der Waals surface area contributed by atoms with Gasteiger partial charge in [-0.3, -0.25) is 0 Å². The summed E-state index contributed by atoms with van der Waals surface area (Å²) in [5, 5.41) is 3.56. The van der Waals surface area contributed by atoms with Crippen LogP contribution < -0.4 is 10.2 Å². The molecule has 1 atom stereocenters. The molecular weight excluding hydrogens is 324 g/mol. The van der Waals surface area contributed by atoms with Gasteiger partial charge < -0.3 is 10.2 Å². The van der Waals surface area contributed by atoms with E-state index >= 15 is 0 Å². The zero-order valence-electron chi connectivity index (χ0n) is 13.5. The van der Waals surface area contributed by atoms with Crippen molar-refractivity contribution in [3.8, 4) is 0 Å². The van der Waals surface area contributed by atoms with Crippen molar-refractivity contribution in [1.29, 1.82) is 0 Å². The third-order valence-electron chi connectivity index (χ3n) is 4.34. The average molecular weight is 353 g/mol. The summed E-state index contributed by atoms with van der Waals surface area (Å²) in [4.78, 5) is 2.67. The van der Waals surface area contributed by atoms with E-state index in [1.54, 1.807) is 0 Å². The van der Waals surface area contributed by atoms with E-state index in [4.69, 9.17) is 0 Å². The summed E-state index contributed by atoms with van der Waals surface area (Å²) in [6.45, 7) is 7.80. The quantitative estimate of drug-likeness (QED) is 0.686. The first-order valence-corrected chi connectivity index (χ1v) is 9.31. The molecule has 1 aliphatic rings. The highest BCUT2D eigenvalue weighted by Gasteiger charge is 2.23. The molecule has 1 saturated heterocycles. The maximum Gasteiger partial charge on any atom is 0.0415 e. The molecule has 1 unspecified atom stereocenters. The topological polar surface area (TPSA) is 15.3 Å². The standard InChI is InChI=1S/C18H29BrN2/c1-3-7-17-8-5-6-12-21(17)18-10-9-16(19)13-15(18)14-20-11-4-2/h9-10,13,17,20H,3-8,11-12,14H2,1-2H3. The molecule has 1 N–H and O–H groups in total. The third-order valence-corrected chi connectivity index (χ3v) is 4.84. The van der Waals surface area contributed by atoms with Crippen molar-refractivity contribution in [2.45, 2.75) is 65.0 Å². The Morgan fingerprint density at radius 3 is 2.86 bits per heavy atom. The summed E-state index contributed by atoms with van der Waals surface area (Å²) in [6, 6.07) is 7.52. The van der Waals surface area contributed by atoms with E-state index < -0.39 is 0 Å². The molecule has 0 saturated carbocycles. The average Bonchev–Trinajstić information content (AvgIpc) is 2.49. The molecule has 1 aromatic carbocycles. The van der Waals surface area contributed by atoms with Crippen molar-refractivity contribution < 1.29 is 0 Å². The molecule has 0 radical (unpaired) electrons. The van der Waals surface area contributed by atoms with Crippen LogP contribution in [0.2, 0.25) is 0 Å². The second-order valence-electron chi connectivity index (χ2n) is 6.08. The fourth-order valence-electron chi connectivity index (χ4n) is 3.33. The molecule has 0 aliphatic carbocycles. The van der Waals surface area contributed by atoms with Crippen LogP contribution in [-0.2, 0) is 6.54 Å². The van der Waals surface area contributed by atoms with Crippen molar-refractivity contribution in [2.24, 2.45) is 0 Å². The monoisotopic (exact) mass is 352 g/mol. The Bertz CT molecular complexity index is 431. The molecule has 0 bridgehead atoms. The van der Waals surface area contributed by atoms with Gasteiger partial charge in [0.05, 0.1) is 0 Å². The molecule has 1 fully saturated rings. The van der Waals surface area contributed by atoms with Crippen LogP contribution in [0.1, 0.15) is 57.9 Å². The van der Waals surface area contributed by atoms with Gasteiger partial charge in [-0.15, -0.1) is 0 Å². The Morgan fingerprint density at radius 1 is 1.24 bits per heavy atom. The molecule has 0 aromatic heterocycles. The van der Waals surface area contributed by atoms with Gasteiger partial charge in [0.2, 0.25) is 0 Å². The van der Waals surface area contributed by atoms with Crippen molar-refractivity contribution in [2.75, 3.05) is 18.0 Å². The molecule has 1 aliphatic heterocycles. The van der Waals surface area contributed by atoms with E-state index in [0.29, 0.717) is 0 Å². The minimum absolute atomic E-state index is 0.731. The predicted octanol–water partition coefficient (Wildman–Crippen LogP) is 5.11. The van der Waals surface area contributed by atoms with Crippen LogP contribution in [0.15, 0.2) is 22.7 Å². The first kappa shape index (κ1) is 16.8. The molecule has 0 amide bonds. The van der Waals surface area contributed by atoms with Crippen molar-refractivity contribution in [3.63, 3.8) is 0 Å². The minimum Gasteiger partial charge on any atom is -0.368 e. The highest BCUT2D eigenvalue weighted by Crippen LogP contribution is 2.31. The smallest absolute Gasteiger partial charge is 0.0415 e. The largest absolute Gasteiger partial charge is 0.368 e. The number of benzene rings is 1. The van der Waals surface area contributed by atoms with Crippen LogP contribution in [0.25, 0.3) is 0 Å². The third kappa shape index (κ3) is 4.72. The van der Waals surface area contributed by atoms with E-state index in [0.717, 1.165) is 19.1 Å². The van der Waals surface area contributed by atoms with Crippen LogP contribution in [0, 0.1) is 0 Å². The summed E-state index contributed by atoms with van der Waals surface area (Å²) in [5.41, 5.74) is 2.88. The molecule has 0 spiro atoms. The molecule has 1 aromatic rings. The lowest BCUT2D eigenvalue weighted by molar-refractivity contribution is 0.433. The molecule has 1 heterocycles. The van der Waals surface area contributed by atoms with Gasteiger partial charge in [-0.2, -0.15) is 0 Å². The number of nitrogens with zero attached hydrogens (tertiary/aromatic N) is 1. The Balaban J connectivity index is 2.19. The van der Waals surface area contributed by atoms with Crippen LogP contribution >= 0.6 is 15.9 Å². The fraction of sp³-hybridized carbons (Fsp3) is 0.667. The molecule has 3 heteroatoms. The van der Waals surface area contributed by atoms with Crippen LogP contribution in [-0.4, -0.2) is 19.1 Å². The van der Waals surface area contributed by atoms with Gasteiger partial charge in [0.25, 0.3) is 0 Å². The zero-order valence-corrected chi connectivity index (χ0v) is 15.1. The number of halogens is 1. The van der Waals surface area contributed by atoms with Crippen LogP contribution in [0.5, 0.6) is 0 Å². The number of hydrogen-bond donors (Lipinski definition) is 1. The number of piperidine rings is 1. The summed E-state index contributed by atoms with van der Waals surface area (Å²) in [6.07, 6.45) is 7.86. The molecule has 118 valence electrons. The Kier molecular flexibility index (Phi) is 7.05. The predicted molar refractivity (Wildman–Crippen MR) is 96.0 cm³/mol. The van der Waals surface area contributed by atoms with Crippen molar-refractivity contribution >= 4 is 21.6 Å². The van der Waals surface area contributed by atoms with Crippen LogP contribution in [0.4, 0.5) is 5.69 Å². The summed E-state index contributed by atoms with van der Waals surface area (Å²) < 4.78 is 1.18. The summed E-state index contributed by atoms with van der Waals surface area (Å²) >= 11 is 3.63. The number of nitrogens with one attached hydrogen (secondary N) is 1. The van der Waals surface area contributed by atoms with E-state index in [9.17, 15) is 0 Å². The zero-order chi connectivity index (χ0) is 15.1. The van der Waals surface area contributed by atoms with E-state index in [1.807, 2.05) is 0 Å². The van der Waals surface area contributed by atoms with Gasteiger partial charge in [-0.25, -0.2) is 0 Å². The minimum atomic E-state index is 0.731. The first-order valence-electron chi connectivity index (χ1n) is 8.52. The molecular formula is C18H29BrN2. The van der Waals surface area contributed by atoms with Gasteiger partial charge in [-0.1, -0.05) is 36.2 Å². The highest BCUT2D eigenvalue weighted by molar-refractivity contribution is 9.10. The number of anilines is 1. The van der Waals surface area contributed by atoms with Gasteiger partial charge in [0, 0.05) is 29.3 Å². The Morgan fingerprint density at radius 2 is 2.10 bits per heavy atom. The van der Waals surface area contributed by atoms with Crippen molar-refractivity contribution in [1.82, 2.24) is 5.32 Å². The fourth-order valence-corrected chi connectivity index (χ4v) is 3.74. The van der Waals surface area contributed by atoms with Gasteiger partial charge in [0.15, 0.2) is 0 Å². The van der Waals surface area contributed by atoms with E-state index in [1.165, 1.54) is 60.8 Å². The second kappa shape index (κ2) is 8.79. The summed E-state index contributed by atoms with van der Waals surface area (Å²) in [5.74, 6) is 0. The van der Waals surface area contributed by atoms with Crippen molar-refractivity contribution in [3.05, 3.63) is 28.2 Å². The second-order valence-corrected chi connectivity index (χ2v) is 7.00. The maximum absolute atomic E-state index is 3.63. The van der Waals surface area contributed by atoms with Gasteiger partial charge >= 0.3 is 0 Å². The van der Waals surface area contributed by atoms with E-state index in [2.05, 4.69) is 58.2 Å². The normalized spacial score (nSPS) is 19.0. The first-order chi connectivity index (χ1) is 10.3.